The molecule has 0 saturated heterocycles. The topological polar surface area (TPSA) is 71.1 Å². The van der Waals surface area contributed by atoms with Crippen LogP contribution in [0.1, 0.15) is 43.0 Å². The van der Waals surface area contributed by atoms with Gasteiger partial charge in [-0.3, -0.25) is 0 Å². The second kappa shape index (κ2) is 16.7. The zero-order chi connectivity index (χ0) is 31.7. The molecular weight excluding hydrogens is 756 g/mol. The van der Waals surface area contributed by atoms with Crippen LogP contribution in [0.4, 0.5) is 0 Å². The minimum absolute atomic E-state index is 0.113. The zero-order valence-electron chi connectivity index (χ0n) is 26.0. The smallest absolute Gasteiger partial charge is 0.355 e. The Morgan fingerprint density at radius 2 is 1.56 bits per heavy atom. The molecule has 0 spiro atoms. The van der Waals surface area contributed by atoms with E-state index < -0.39 is 14.4 Å². The maximum atomic E-state index is 11.3. The summed E-state index contributed by atoms with van der Waals surface area (Å²) in [5, 5.41) is 1.04. The van der Waals surface area contributed by atoms with E-state index in [0.29, 0.717) is 12.2 Å². The molecule has 0 fully saturated rings. The van der Waals surface area contributed by atoms with E-state index in [1.165, 1.54) is 25.3 Å². The Morgan fingerprint density at radius 3 is 2.02 bits per heavy atom. The van der Waals surface area contributed by atoms with E-state index in [-0.39, 0.29) is 27.9 Å². The van der Waals surface area contributed by atoms with Gasteiger partial charge in [-0.1, -0.05) is 68.6 Å². The summed E-state index contributed by atoms with van der Waals surface area (Å²) in [6.45, 7) is 15.5. The van der Waals surface area contributed by atoms with Crippen molar-refractivity contribution in [2.45, 2.75) is 70.6 Å². The monoisotopic (exact) mass is 797 g/mol. The number of fused-ring (bicyclic) bond motifs is 1. The van der Waals surface area contributed by atoms with Gasteiger partial charge in [0.25, 0.3) is 0 Å². The lowest BCUT2D eigenvalue weighted by Crippen LogP contribution is -2.44. The van der Waals surface area contributed by atoms with Crippen molar-refractivity contribution < 1.29 is 28.2 Å². The number of ether oxygens (including phenoxy) is 3. The molecule has 11 heteroatoms. The number of benzene rings is 2. The molecule has 0 aromatic heterocycles. The number of esters is 2. The van der Waals surface area contributed by atoms with Crippen molar-refractivity contribution in [1.29, 1.82) is 0 Å². The van der Waals surface area contributed by atoms with Gasteiger partial charge >= 0.3 is 11.9 Å². The first-order chi connectivity index (χ1) is 18.9. The largest absolute Gasteiger partial charge is 0.543 e. The van der Waals surface area contributed by atoms with Crippen LogP contribution in [0.5, 0.6) is 11.5 Å². The van der Waals surface area contributed by atoms with E-state index >= 15 is 0 Å². The standard InChI is InChI=1S/C14H22Br2OSi.C11H11BrO3.C5H11O2S/c1-10-7-11(16)8-13(12(10)9-15)17-18(5,6)14(2,3)4;1-6-3-7(12)4-9-8(6)5-10(15-9)11(13)14-2;1-7-5(6)4-8(2)3/h7-8H,9H2,1-6H3;3-4,10H,5H2,1-2H3;4H2,1-3H3/q;;+1. The second-order valence-corrected chi connectivity index (χ2v) is 20.8. The van der Waals surface area contributed by atoms with Gasteiger partial charge in [0, 0.05) is 31.8 Å². The molecule has 0 aliphatic carbocycles. The van der Waals surface area contributed by atoms with Crippen LogP contribution in [-0.4, -0.2) is 58.8 Å². The molecule has 1 aliphatic heterocycles. The third-order valence-electron chi connectivity index (χ3n) is 6.86. The van der Waals surface area contributed by atoms with Crippen molar-refractivity contribution in [2.75, 3.05) is 32.5 Å². The van der Waals surface area contributed by atoms with Crippen molar-refractivity contribution >= 4 is 78.9 Å². The number of methoxy groups -OCH3 is 2. The minimum atomic E-state index is -1.78. The molecule has 41 heavy (non-hydrogen) atoms. The first-order valence-electron chi connectivity index (χ1n) is 13.0. The van der Waals surface area contributed by atoms with Crippen molar-refractivity contribution in [3.63, 3.8) is 0 Å². The van der Waals surface area contributed by atoms with E-state index in [4.69, 9.17) is 9.16 Å². The number of hydrogen-bond donors (Lipinski definition) is 0. The van der Waals surface area contributed by atoms with E-state index in [0.717, 1.165) is 36.9 Å². The van der Waals surface area contributed by atoms with Crippen LogP contribution in [0, 0.1) is 13.8 Å². The van der Waals surface area contributed by atoms with Crippen LogP contribution in [0.25, 0.3) is 0 Å². The minimum Gasteiger partial charge on any atom is -0.543 e. The molecule has 1 aliphatic rings. The van der Waals surface area contributed by atoms with Gasteiger partial charge in [0.15, 0.2) is 6.10 Å². The van der Waals surface area contributed by atoms with Crippen LogP contribution in [0.15, 0.2) is 33.2 Å². The first-order valence-corrected chi connectivity index (χ1v) is 20.9. The van der Waals surface area contributed by atoms with Crippen molar-refractivity contribution in [2.24, 2.45) is 0 Å². The summed E-state index contributed by atoms with van der Waals surface area (Å²) in [7, 11) is 1.18. The van der Waals surface area contributed by atoms with Crippen LogP contribution >= 0.6 is 47.8 Å². The summed E-state index contributed by atoms with van der Waals surface area (Å²) >= 11 is 10.5. The Balaban J connectivity index is 0.000000330. The third-order valence-corrected chi connectivity index (χ3v) is 13.5. The molecule has 1 atom stereocenters. The molecule has 3 rings (SSSR count). The molecule has 0 radical (unpaired) electrons. The number of carbonyl (C=O) groups excluding carboxylic acids is 2. The fourth-order valence-corrected chi connectivity index (χ4v) is 6.93. The lowest BCUT2D eigenvalue weighted by molar-refractivity contribution is -0.147. The molecule has 2 aromatic carbocycles. The first kappa shape index (κ1) is 38.0. The van der Waals surface area contributed by atoms with Gasteiger partial charge in [-0.25, -0.2) is 9.59 Å². The highest BCUT2D eigenvalue weighted by Gasteiger charge is 2.39. The highest BCUT2D eigenvalue weighted by molar-refractivity contribution is 9.10. The molecule has 6 nitrogen and oxygen atoms in total. The Hall–Kier alpha value is -1.01. The number of carbonyl (C=O) groups is 2. The predicted molar refractivity (Wildman–Crippen MR) is 184 cm³/mol. The summed E-state index contributed by atoms with van der Waals surface area (Å²) in [6, 6.07) is 8.12. The van der Waals surface area contributed by atoms with Crippen LogP contribution in [-0.2, 0) is 41.7 Å². The van der Waals surface area contributed by atoms with E-state index in [1.807, 2.05) is 31.6 Å². The Labute approximate surface area is 275 Å². The van der Waals surface area contributed by atoms with Crippen molar-refractivity contribution in [3.05, 3.63) is 55.5 Å². The Bertz CT molecular complexity index is 1200. The maximum absolute atomic E-state index is 11.3. The quantitative estimate of drug-likeness (QED) is 0.127. The summed E-state index contributed by atoms with van der Waals surface area (Å²) < 4.78 is 23.1. The summed E-state index contributed by atoms with van der Waals surface area (Å²) in [4.78, 5) is 21.7. The molecule has 2 aromatic rings. The maximum Gasteiger partial charge on any atom is 0.355 e. The summed E-state index contributed by atoms with van der Waals surface area (Å²) in [5.41, 5.74) is 4.73. The number of rotatable bonds is 6. The SMILES string of the molecule is COC(=O)C1Cc2c(C)cc(Br)cc2O1.COC(=O)C[S+](C)C.Cc1cc(Br)cc(O[Si](C)(C)C(C)(C)C)c1CBr. The van der Waals surface area contributed by atoms with Gasteiger partial charge in [-0.2, -0.15) is 0 Å². The van der Waals surface area contributed by atoms with Gasteiger partial charge in [-0.15, -0.1) is 0 Å². The van der Waals surface area contributed by atoms with E-state index in [1.54, 1.807) is 0 Å². The number of hydrogen-bond acceptors (Lipinski definition) is 6. The number of halogens is 3. The van der Waals surface area contributed by atoms with Gasteiger partial charge in [0.05, 0.1) is 26.7 Å². The van der Waals surface area contributed by atoms with Crippen LogP contribution in [0.2, 0.25) is 18.1 Å². The Morgan fingerprint density at radius 1 is 1.00 bits per heavy atom. The van der Waals surface area contributed by atoms with E-state index in [9.17, 15) is 9.59 Å². The van der Waals surface area contributed by atoms with Crippen LogP contribution < -0.4 is 9.16 Å². The average Bonchev–Trinajstić information content (AvgIpc) is 3.27. The van der Waals surface area contributed by atoms with Crippen molar-refractivity contribution in [1.82, 2.24) is 0 Å². The van der Waals surface area contributed by atoms with E-state index in [2.05, 4.69) is 110 Å². The van der Waals surface area contributed by atoms with Gasteiger partial charge in [0.1, 0.15) is 11.5 Å². The van der Waals surface area contributed by atoms with Gasteiger partial charge < -0.3 is 18.6 Å². The predicted octanol–water partition coefficient (Wildman–Crippen LogP) is 8.31. The molecule has 230 valence electrons. The van der Waals surface area contributed by atoms with Gasteiger partial charge in [-0.05, 0) is 78.3 Å². The molecule has 0 N–H and O–H groups in total. The number of aryl methyl sites for hydroxylation is 2. The fourth-order valence-electron chi connectivity index (χ4n) is 3.48. The molecule has 1 heterocycles. The normalized spacial score (nSPS) is 14.1. The lowest BCUT2D eigenvalue weighted by Gasteiger charge is -2.37. The summed E-state index contributed by atoms with van der Waals surface area (Å²) in [6.07, 6.45) is 4.13. The number of alkyl halides is 1. The molecule has 0 bridgehead atoms. The lowest BCUT2D eigenvalue weighted by atomic mass is 10.0. The fraction of sp³-hybridized carbons (Fsp3) is 0.533. The highest BCUT2D eigenvalue weighted by atomic mass is 79.9. The Kier molecular flexibility index (Phi) is 15.5. The van der Waals surface area contributed by atoms with Crippen molar-refractivity contribution in [3.8, 4) is 11.5 Å². The molecule has 0 amide bonds. The van der Waals surface area contributed by atoms with Crippen LogP contribution in [0.3, 0.4) is 0 Å². The molecule has 0 saturated carbocycles. The summed E-state index contributed by atoms with van der Waals surface area (Å²) in [5.74, 6) is 1.92. The third kappa shape index (κ3) is 11.9. The van der Waals surface area contributed by atoms with Gasteiger partial charge in [0.2, 0.25) is 14.1 Å². The average molecular weight is 801 g/mol. The highest BCUT2D eigenvalue weighted by Crippen LogP contribution is 2.40. The zero-order valence-corrected chi connectivity index (χ0v) is 32.6. The molecular formula is C30H44Br3O6SSi+. The molecule has 1 unspecified atom stereocenters. The second-order valence-electron chi connectivity index (χ2n) is 11.4.